The molecule has 0 aliphatic rings. The lowest BCUT2D eigenvalue weighted by atomic mass is 10.1. The molecule has 4 atom stereocenters. The zero-order valence-electron chi connectivity index (χ0n) is 18.3. The first-order valence-electron chi connectivity index (χ1n) is 10.2. The van der Waals surface area contributed by atoms with Crippen LogP contribution in [0.2, 0.25) is 0 Å². The minimum atomic E-state index is -1.29. The van der Waals surface area contributed by atoms with Gasteiger partial charge in [0.05, 0.1) is 25.1 Å². The molecule has 4 amide bonds. The summed E-state index contributed by atoms with van der Waals surface area (Å²) in [6.45, 7) is 1.35. The van der Waals surface area contributed by atoms with Crippen LogP contribution in [0.5, 0.6) is 0 Å². The number of rotatable bonds is 13. The number of primary amides is 1. The van der Waals surface area contributed by atoms with Gasteiger partial charge in [-0.25, -0.2) is 14.8 Å². The lowest BCUT2D eigenvalue weighted by Gasteiger charge is -2.23. The molecule has 15 nitrogen and oxygen atoms in total. The summed E-state index contributed by atoms with van der Waals surface area (Å²) in [5, 5.41) is 16.7. The number of imidazole rings is 2. The number of carbonyl (C=O) groups excluding carboxylic acids is 4. The van der Waals surface area contributed by atoms with Gasteiger partial charge in [-0.2, -0.15) is 0 Å². The lowest BCUT2D eigenvalue weighted by molar-refractivity contribution is -0.142. The summed E-state index contributed by atoms with van der Waals surface area (Å²) in [6.07, 6.45) is 5.14. The summed E-state index contributed by atoms with van der Waals surface area (Å²) in [5.74, 6) is -4.34. The Balaban J connectivity index is 2.07. The highest BCUT2D eigenvalue weighted by Crippen LogP contribution is 2.04. The molecule has 184 valence electrons. The first-order valence-corrected chi connectivity index (χ1v) is 10.2. The van der Waals surface area contributed by atoms with E-state index in [-0.39, 0.29) is 12.8 Å². The Labute approximate surface area is 193 Å². The standard InChI is InChI=1S/C19H27N9O6/c1-9(26-17(31)12(20)4-15(21)29)16(30)27-13(2-10-5-22-7-24-10)18(32)28-14(19(33)34)3-11-6-23-8-25-11/h5-9,12-14H,2-4,20H2,1H3,(H2,21,29)(H,22,24)(H,23,25)(H,26,31)(H,27,30)(H,28,32)(H,33,34). The molecule has 0 saturated carbocycles. The third-order valence-electron chi connectivity index (χ3n) is 4.72. The molecule has 34 heavy (non-hydrogen) atoms. The summed E-state index contributed by atoms with van der Waals surface area (Å²) in [6, 6.07) is -4.85. The molecule has 4 unspecified atom stereocenters. The van der Waals surface area contributed by atoms with E-state index in [1.54, 1.807) is 0 Å². The fourth-order valence-corrected chi connectivity index (χ4v) is 2.91. The van der Waals surface area contributed by atoms with E-state index in [0.717, 1.165) is 0 Å². The van der Waals surface area contributed by atoms with Crippen molar-refractivity contribution in [1.82, 2.24) is 35.9 Å². The molecule has 2 aromatic rings. The fourth-order valence-electron chi connectivity index (χ4n) is 2.91. The largest absolute Gasteiger partial charge is 0.480 e. The van der Waals surface area contributed by atoms with Gasteiger partial charge in [0.25, 0.3) is 0 Å². The topological polar surface area (TPSA) is 251 Å². The quantitative estimate of drug-likeness (QED) is 0.143. The summed E-state index contributed by atoms with van der Waals surface area (Å²) >= 11 is 0. The third-order valence-corrected chi connectivity index (χ3v) is 4.72. The van der Waals surface area contributed by atoms with Crippen molar-refractivity contribution in [3.05, 3.63) is 36.4 Å². The maximum absolute atomic E-state index is 12.9. The number of carboxylic acids is 1. The number of aromatic amines is 2. The molecular formula is C19H27N9O6. The average molecular weight is 477 g/mol. The van der Waals surface area contributed by atoms with Crippen LogP contribution in [0.4, 0.5) is 0 Å². The molecule has 15 heteroatoms. The molecule has 10 N–H and O–H groups in total. The van der Waals surface area contributed by atoms with Gasteiger partial charge in [0.15, 0.2) is 0 Å². The normalized spacial score (nSPS) is 14.3. The predicted octanol–water partition coefficient (Wildman–Crippen LogP) is -3.32. The monoisotopic (exact) mass is 477 g/mol. The van der Waals surface area contributed by atoms with Gasteiger partial charge in [-0.3, -0.25) is 19.2 Å². The lowest BCUT2D eigenvalue weighted by Crippen LogP contribution is -2.57. The molecule has 0 bridgehead atoms. The van der Waals surface area contributed by atoms with E-state index >= 15 is 0 Å². The first kappa shape index (κ1) is 26.0. The number of carboxylic acid groups (broad SMARTS) is 1. The Morgan fingerprint density at radius 2 is 1.44 bits per heavy atom. The van der Waals surface area contributed by atoms with Crippen molar-refractivity contribution >= 4 is 29.6 Å². The fraction of sp³-hybridized carbons (Fsp3) is 0.421. The number of nitrogens with one attached hydrogen (secondary N) is 5. The van der Waals surface area contributed by atoms with Crippen LogP contribution in [0, 0.1) is 0 Å². The van der Waals surface area contributed by atoms with Gasteiger partial charge < -0.3 is 42.5 Å². The molecular weight excluding hydrogens is 450 g/mol. The molecule has 0 saturated heterocycles. The molecule has 0 aliphatic carbocycles. The number of H-pyrrole nitrogens is 2. The molecule has 0 spiro atoms. The number of hydrogen-bond acceptors (Lipinski definition) is 8. The highest BCUT2D eigenvalue weighted by molar-refractivity contribution is 5.94. The minimum absolute atomic E-state index is 0.0319. The second-order valence-corrected chi connectivity index (χ2v) is 7.53. The Bertz CT molecular complexity index is 992. The Morgan fingerprint density at radius 1 is 0.912 bits per heavy atom. The van der Waals surface area contributed by atoms with Crippen LogP contribution >= 0.6 is 0 Å². The van der Waals surface area contributed by atoms with E-state index in [1.165, 1.54) is 32.0 Å². The van der Waals surface area contributed by atoms with E-state index in [9.17, 15) is 29.1 Å². The molecule has 2 heterocycles. The SMILES string of the molecule is CC(NC(=O)C(N)CC(N)=O)C(=O)NC(Cc1cnc[nH]1)C(=O)NC(Cc1cnc[nH]1)C(=O)O. The van der Waals surface area contributed by atoms with Gasteiger partial charge in [-0.15, -0.1) is 0 Å². The summed E-state index contributed by atoms with van der Waals surface area (Å²) < 4.78 is 0. The van der Waals surface area contributed by atoms with Crippen molar-refractivity contribution < 1.29 is 29.1 Å². The van der Waals surface area contributed by atoms with Crippen molar-refractivity contribution in [3.63, 3.8) is 0 Å². The van der Waals surface area contributed by atoms with Crippen LogP contribution in [0.3, 0.4) is 0 Å². The Hall–Kier alpha value is -4.27. The number of amides is 4. The second-order valence-electron chi connectivity index (χ2n) is 7.53. The number of nitrogens with two attached hydrogens (primary N) is 2. The van der Waals surface area contributed by atoms with E-state index in [2.05, 4.69) is 35.9 Å². The Morgan fingerprint density at radius 3 is 1.91 bits per heavy atom. The van der Waals surface area contributed by atoms with Crippen molar-refractivity contribution in [1.29, 1.82) is 0 Å². The average Bonchev–Trinajstić information content (AvgIpc) is 3.46. The summed E-state index contributed by atoms with van der Waals surface area (Å²) in [7, 11) is 0. The van der Waals surface area contributed by atoms with Crippen LogP contribution in [-0.2, 0) is 36.8 Å². The van der Waals surface area contributed by atoms with Crippen LogP contribution in [0.15, 0.2) is 25.0 Å². The smallest absolute Gasteiger partial charge is 0.326 e. The molecule has 0 aliphatic heterocycles. The molecule has 2 aromatic heterocycles. The van der Waals surface area contributed by atoms with Gasteiger partial charge in [0.1, 0.15) is 18.1 Å². The van der Waals surface area contributed by atoms with Crippen molar-refractivity contribution in [2.45, 2.75) is 50.4 Å². The molecule has 0 fully saturated rings. The van der Waals surface area contributed by atoms with E-state index in [4.69, 9.17) is 11.5 Å². The summed E-state index contributed by atoms with van der Waals surface area (Å²) in [5.41, 5.74) is 11.6. The van der Waals surface area contributed by atoms with Crippen molar-refractivity contribution in [3.8, 4) is 0 Å². The van der Waals surface area contributed by atoms with Gasteiger partial charge >= 0.3 is 5.97 Å². The molecule has 0 radical (unpaired) electrons. The van der Waals surface area contributed by atoms with E-state index in [0.29, 0.717) is 11.4 Å². The maximum Gasteiger partial charge on any atom is 0.326 e. The highest BCUT2D eigenvalue weighted by atomic mass is 16.4. The van der Waals surface area contributed by atoms with Crippen LogP contribution < -0.4 is 27.4 Å². The minimum Gasteiger partial charge on any atom is -0.480 e. The maximum atomic E-state index is 12.9. The van der Waals surface area contributed by atoms with Crippen molar-refractivity contribution in [2.24, 2.45) is 11.5 Å². The van der Waals surface area contributed by atoms with Crippen LogP contribution in [0.25, 0.3) is 0 Å². The molecule has 0 aromatic carbocycles. The van der Waals surface area contributed by atoms with Gasteiger partial charge in [0, 0.05) is 36.6 Å². The van der Waals surface area contributed by atoms with Crippen LogP contribution in [-0.4, -0.2) is 78.8 Å². The van der Waals surface area contributed by atoms with Gasteiger partial charge in [-0.05, 0) is 6.92 Å². The van der Waals surface area contributed by atoms with Crippen molar-refractivity contribution in [2.75, 3.05) is 0 Å². The summed E-state index contributed by atoms with van der Waals surface area (Å²) in [4.78, 5) is 73.4. The zero-order chi connectivity index (χ0) is 25.3. The Kier molecular flexibility index (Phi) is 9.25. The van der Waals surface area contributed by atoms with E-state index in [1.807, 2.05) is 0 Å². The zero-order valence-corrected chi connectivity index (χ0v) is 18.3. The molecule has 2 rings (SSSR count). The van der Waals surface area contributed by atoms with Gasteiger partial charge in [0.2, 0.25) is 23.6 Å². The first-order chi connectivity index (χ1) is 16.1. The third kappa shape index (κ3) is 8.01. The second kappa shape index (κ2) is 12.1. The number of nitrogens with zero attached hydrogens (tertiary/aromatic N) is 2. The number of hydrogen-bond donors (Lipinski definition) is 8. The highest BCUT2D eigenvalue weighted by Gasteiger charge is 2.29. The van der Waals surface area contributed by atoms with Crippen LogP contribution in [0.1, 0.15) is 24.7 Å². The predicted molar refractivity (Wildman–Crippen MR) is 115 cm³/mol. The van der Waals surface area contributed by atoms with E-state index < -0.39 is 60.2 Å². The number of carbonyl (C=O) groups is 5. The van der Waals surface area contributed by atoms with Gasteiger partial charge in [-0.1, -0.05) is 0 Å². The number of aromatic nitrogens is 4. The number of aliphatic carboxylic acids is 1.